The van der Waals surface area contributed by atoms with Gasteiger partial charge in [0.25, 0.3) is 0 Å². The van der Waals surface area contributed by atoms with Crippen molar-refractivity contribution in [3.05, 3.63) is 0 Å². The maximum atomic E-state index is 8.00. The van der Waals surface area contributed by atoms with Crippen molar-refractivity contribution >= 4 is 6.79 Å². The van der Waals surface area contributed by atoms with Crippen LogP contribution in [0.3, 0.4) is 0 Å². The van der Waals surface area contributed by atoms with Gasteiger partial charge >= 0.3 is 0 Å². The third kappa shape index (κ3) is 55.2. The molecule has 5 heterocycles. The molecule has 11 nitrogen and oxygen atoms in total. The van der Waals surface area contributed by atoms with Crippen LogP contribution in [0, 0.1) is 0 Å². The Hall–Kier alpha value is -0.730. The van der Waals surface area contributed by atoms with Crippen molar-refractivity contribution in [1.29, 1.82) is 0 Å². The summed E-state index contributed by atoms with van der Waals surface area (Å²) in [6, 6.07) is 0. The van der Waals surface area contributed by atoms with Crippen LogP contribution in [-0.2, 0) is 4.79 Å². The third-order valence-electron chi connectivity index (χ3n) is 6.28. The largest absolute Gasteiger partial charge is 0.412 e. The Bertz CT molecular complexity index is 411. The van der Waals surface area contributed by atoms with E-state index in [1.807, 2.05) is 12.5 Å². The molecular weight excluding hydrogens is 532 g/mol. The number of hydrogen-bond donors (Lipinski definition) is 5. The molecule has 5 aliphatic heterocycles. The first-order valence-corrected chi connectivity index (χ1v) is 15.6. The fourth-order valence-corrected chi connectivity index (χ4v) is 4.13. The molecule has 0 unspecified atom stereocenters. The maximum Gasteiger partial charge on any atom is 0.122 e. The van der Waals surface area contributed by atoms with Crippen molar-refractivity contribution in [1.82, 2.24) is 35.5 Å². The Kier molecular flexibility index (Phi) is 49.5. The lowest BCUT2D eigenvalue weighted by molar-refractivity contribution is -0.0980. The number of carbonyl (C=O) groups is 1. The second kappa shape index (κ2) is 52.9. The normalized spacial score (nSPS) is 20.5. The molecule has 0 radical (unpaired) electrons. The Labute approximate surface area is 277 Å². The lowest BCUT2D eigenvalue weighted by Gasteiger charge is -2.01. The van der Waals surface area contributed by atoms with Crippen LogP contribution in [0.2, 0.25) is 4.24 Å². The van der Waals surface area contributed by atoms with Crippen LogP contribution in [0.15, 0.2) is 0 Å². The van der Waals surface area contributed by atoms with Crippen LogP contribution in [-0.4, -0.2) is 173 Å². The van der Waals surface area contributed by atoms with Crippen LogP contribution < -0.4 is 21.7 Å². The fraction of sp³-hybridized carbons (Fsp3) is 0.968. The van der Waals surface area contributed by atoms with Gasteiger partial charge < -0.3 is 56.6 Å². The number of nitrogens with zero attached hydrogens (tertiary/aromatic N) is 4. The molecule has 11 heteroatoms. The van der Waals surface area contributed by atoms with Gasteiger partial charge in [-0.15, -0.1) is 0 Å². The van der Waals surface area contributed by atoms with Gasteiger partial charge in [-0.25, -0.2) is 0 Å². The van der Waals surface area contributed by atoms with E-state index < -0.39 is 0 Å². The van der Waals surface area contributed by atoms with Crippen LogP contribution >= 0.6 is 0 Å². The summed E-state index contributed by atoms with van der Waals surface area (Å²) in [4.78, 5) is 17.4. The Morgan fingerprint density at radius 3 is 0.833 bits per heavy atom. The number of nitrogens with one attached hydrogen (secondary N) is 3. The van der Waals surface area contributed by atoms with Crippen LogP contribution in [0.5, 0.6) is 0 Å². The van der Waals surface area contributed by atoms with E-state index in [4.69, 9.17) is 23.0 Å². The number of aliphatic hydroxyl groups excluding tert-OH is 1. The zero-order chi connectivity index (χ0) is 41.0. The summed E-state index contributed by atoms with van der Waals surface area (Å²) in [5.41, 5.74) is 2.00. The summed E-state index contributed by atoms with van der Waals surface area (Å²) in [5, 5.41) is 12.7. The minimum absolute atomic E-state index is 0. The Morgan fingerprint density at radius 1 is 0.643 bits per heavy atom. The number of aliphatic hydroxyl groups is 1. The topological polar surface area (TPSA) is 144 Å². The second-order valence-electron chi connectivity index (χ2n) is 10.4. The standard InChI is InChI=1S/4C5H11N.C4H9N.2C2H7N.CH5N.CH4O.CH2O.H2O.3H2/c4*1-6-4-2-3-5-6;1-2-4-5-3-1;2*1-3-2;3*1-2;;;;/h4*2-5H2,1H3;5H,1-4H2;2*3H,1-2H3;2H2,1H3;2H,1H3;1H2;1H2;3*1H/i;;;;;;;;;;;3*1+2T/hT3. The molecule has 5 rings (SSSR count). The summed E-state index contributed by atoms with van der Waals surface area (Å²) in [6.45, 7) is 15.1. The number of rotatable bonds is 0. The van der Waals surface area contributed by atoms with Crippen LogP contribution in [0.25, 0.3) is 0 Å². The van der Waals surface area contributed by atoms with Gasteiger partial charge in [-0.3, -0.25) is 0 Å². The molecule has 5 saturated heterocycles. The van der Waals surface area contributed by atoms with E-state index in [1.54, 1.807) is 35.2 Å². The van der Waals surface area contributed by atoms with Crippen LogP contribution in [0.1, 0.15) is 73.1 Å². The summed E-state index contributed by atoms with van der Waals surface area (Å²) in [5.74, 6) is 0. The van der Waals surface area contributed by atoms with E-state index >= 15 is 0 Å². The molecule has 0 atom stereocenters. The van der Waals surface area contributed by atoms with E-state index in [0.29, 0.717) is 0 Å². The first-order valence-electron chi connectivity index (χ1n) is 19.9. The molecule has 0 aromatic rings. The minimum atomic E-state index is 0. The lowest BCUT2D eigenvalue weighted by atomic mass is 10.4. The molecule has 5 aliphatic rings. The van der Waals surface area contributed by atoms with E-state index in [0.717, 1.165) is 7.11 Å². The molecule has 0 saturated carbocycles. The van der Waals surface area contributed by atoms with Gasteiger partial charge in [-0.1, -0.05) is 0 Å². The molecule has 268 valence electrons. The Morgan fingerprint density at radius 2 is 0.786 bits per heavy atom. The molecular formula is C31H86N8O3. The predicted octanol–water partition coefficient (Wildman–Crippen LogP) is 1.80. The third-order valence-corrected chi connectivity index (χ3v) is 6.28. The average Bonchev–Trinajstić information content (AvgIpc) is 3.96. The summed E-state index contributed by atoms with van der Waals surface area (Å²) < 4.78 is 48.8. The summed E-state index contributed by atoms with van der Waals surface area (Å²) in [7, 11) is 17.9. The highest BCUT2D eigenvalue weighted by atomic mass is 16.2. The van der Waals surface area contributed by atoms with Gasteiger partial charge in [0.1, 0.15) is 11.0 Å². The molecule has 5 fully saturated rings. The van der Waals surface area contributed by atoms with Crippen molar-refractivity contribution in [2.45, 2.75) is 64.2 Å². The highest BCUT2D eigenvalue weighted by molar-refractivity contribution is 5.11. The number of carbonyl (C=O) groups excluding carboxylic acids is 1. The molecule has 0 bridgehead atoms. The van der Waals surface area contributed by atoms with E-state index in [-0.39, 0.29) is 5.48 Å². The fourth-order valence-electron chi connectivity index (χ4n) is 4.13. The van der Waals surface area contributed by atoms with Crippen molar-refractivity contribution in [2.24, 2.45) is 5.73 Å². The van der Waals surface area contributed by atoms with Gasteiger partial charge in [-0.2, -0.15) is 0 Å². The molecule has 0 aromatic heterocycles. The van der Waals surface area contributed by atoms with Crippen molar-refractivity contribution < 1.29 is 28.5 Å². The highest BCUT2D eigenvalue weighted by Crippen LogP contribution is 2.03. The summed E-state index contributed by atoms with van der Waals surface area (Å²) in [6.07, 6.45) is 14.1. The molecule has 42 heavy (non-hydrogen) atoms. The first kappa shape index (κ1) is 39.3. The highest BCUT2D eigenvalue weighted by Gasteiger charge is 2.05. The SMILES string of the molecule is C1CCNC1.C=O.CN1CCCC1.CN1CCCC1.CN1CCCC1.CN1CCCC1.CO.O.[3H]N(C)C.[3H]N(C)C.[3H]NC.[3H][3H].[3H][3H].[3H][3H]. The average molecular weight is 637 g/mol. The zero-order valence-electron chi connectivity index (χ0n) is 38.9. The quantitative estimate of drug-likeness (QED) is 0.267. The molecule has 0 aromatic carbocycles. The number of hydrogen-bond acceptors (Lipinski definition) is 10. The van der Waals surface area contributed by atoms with E-state index in [9.17, 15) is 0 Å². The molecule has 0 amide bonds. The lowest BCUT2D eigenvalue weighted by Crippen LogP contribution is -2.10. The number of nitrogens with two attached hydrogens (primary N) is 1. The molecule has 0 spiro atoms. The zero-order valence-corrected chi connectivity index (χ0v) is 29.9. The molecule has 8 N–H and O–H groups in total. The number of likely N-dealkylation sites (tertiary alicyclic amines) is 4. The minimum Gasteiger partial charge on any atom is -0.412 e. The van der Waals surface area contributed by atoms with Gasteiger partial charge in [0.05, 0.1) is 0 Å². The van der Waals surface area contributed by atoms with E-state index in [2.05, 4.69) is 53.1 Å². The van der Waals surface area contributed by atoms with Crippen molar-refractivity contribution in [3.63, 3.8) is 0 Å². The van der Waals surface area contributed by atoms with Crippen molar-refractivity contribution in [3.8, 4) is 0 Å². The maximum absolute atomic E-state index is 8.00. The van der Waals surface area contributed by atoms with Gasteiger partial charge in [-0.05, 0) is 193 Å². The van der Waals surface area contributed by atoms with E-state index in [1.165, 1.54) is 140 Å². The predicted molar refractivity (Wildman–Crippen MR) is 194 cm³/mol. The second-order valence-corrected chi connectivity index (χ2v) is 10.4. The Balaban J connectivity index is -0.0000000548. The van der Waals surface area contributed by atoms with Gasteiger partial charge in [0, 0.05) is 16.0 Å². The first-order chi connectivity index (χ1) is 24.0. The molecule has 0 aliphatic carbocycles. The van der Waals surface area contributed by atoms with Gasteiger partial charge in [0.2, 0.25) is 0 Å². The summed E-state index contributed by atoms with van der Waals surface area (Å²) >= 11 is 0. The monoisotopic (exact) mass is 637 g/mol. The van der Waals surface area contributed by atoms with Crippen LogP contribution in [0.4, 0.5) is 0 Å². The van der Waals surface area contributed by atoms with Gasteiger partial charge in [0.15, 0.2) is 0 Å². The van der Waals surface area contributed by atoms with Crippen molar-refractivity contribution in [2.75, 3.05) is 136 Å². The smallest absolute Gasteiger partial charge is 0.122 e.